The van der Waals surface area contributed by atoms with E-state index in [0.717, 1.165) is 75.7 Å². The molecular weight excluding hydrogens is 856 g/mol. The van der Waals surface area contributed by atoms with E-state index in [4.69, 9.17) is 18.5 Å². The van der Waals surface area contributed by atoms with Crippen LogP contribution in [0.4, 0.5) is 0 Å². The van der Waals surface area contributed by atoms with Gasteiger partial charge >= 0.3 is 19.8 Å². The summed E-state index contributed by atoms with van der Waals surface area (Å²) in [7, 11) is -1.63. The third kappa shape index (κ3) is 41.1. The van der Waals surface area contributed by atoms with Crippen LogP contribution in [-0.2, 0) is 32.7 Å². The second-order valence-electron chi connectivity index (χ2n) is 16.2. The first-order valence-electron chi connectivity index (χ1n) is 24.4. The van der Waals surface area contributed by atoms with Crippen molar-refractivity contribution in [3.63, 3.8) is 0 Å². The lowest BCUT2D eigenvalue weighted by atomic mass is 10.1. The molecule has 0 aromatic carbocycles. The molecule has 0 saturated heterocycles. The molecule has 0 aliphatic carbocycles. The number of pyridine rings is 1. The van der Waals surface area contributed by atoms with E-state index in [-0.39, 0.29) is 44.9 Å². The van der Waals surface area contributed by atoms with Gasteiger partial charge in [0.25, 0.3) is 0 Å². The molecule has 0 aliphatic rings. The van der Waals surface area contributed by atoms with E-state index < -0.39 is 32.5 Å². The molecule has 11 nitrogen and oxygen atoms in total. The van der Waals surface area contributed by atoms with Crippen LogP contribution in [0.25, 0.3) is 0 Å². The number of nitrogens with zero attached hydrogens (tertiary/aromatic N) is 2. The highest BCUT2D eigenvalue weighted by Gasteiger charge is 2.26. The Hall–Kier alpha value is -2.15. The summed E-state index contributed by atoms with van der Waals surface area (Å²) in [6.07, 6.45) is 40.4. The van der Waals surface area contributed by atoms with E-state index >= 15 is 0 Å². The zero-order valence-corrected chi connectivity index (χ0v) is 41.6. The van der Waals surface area contributed by atoms with E-state index in [1.807, 2.05) is 18.2 Å². The Kier molecular flexibility index (Phi) is 40.9. The van der Waals surface area contributed by atoms with Crippen molar-refractivity contribution in [1.82, 2.24) is 4.98 Å². The maximum atomic E-state index is 12.8. The quantitative estimate of drug-likeness (QED) is 0.0126. The number of aliphatic imine (C=N–C) groups is 1. The number of allylic oxidation sites excluding steroid dienone is 4. The van der Waals surface area contributed by atoms with Crippen molar-refractivity contribution in [3.8, 4) is 0 Å². The van der Waals surface area contributed by atoms with Crippen molar-refractivity contribution in [2.45, 2.75) is 211 Å². The van der Waals surface area contributed by atoms with Gasteiger partial charge in [0.05, 0.1) is 19.8 Å². The van der Waals surface area contributed by atoms with E-state index in [1.54, 1.807) is 6.20 Å². The van der Waals surface area contributed by atoms with Crippen molar-refractivity contribution < 1.29 is 42.7 Å². The first-order valence-corrected chi connectivity index (χ1v) is 28.2. The van der Waals surface area contributed by atoms with E-state index in [9.17, 15) is 24.2 Å². The fourth-order valence-electron chi connectivity index (χ4n) is 6.55. The fraction of sp³-hybridized carbons (Fsp3) is 0.755. The molecule has 1 aromatic heterocycles. The van der Waals surface area contributed by atoms with Gasteiger partial charge in [-0.25, -0.2) is 9.55 Å². The molecule has 2 atom stereocenters. The first-order chi connectivity index (χ1) is 30.8. The lowest BCUT2D eigenvalue weighted by molar-refractivity contribution is -0.218. The molecule has 1 unspecified atom stereocenters. The van der Waals surface area contributed by atoms with Gasteiger partial charge in [-0.2, -0.15) is 0 Å². The number of rotatable bonds is 45. The maximum Gasteiger partial charge on any atom is 0.472 e. The molecule has 0 aliphatic heterocycles. The largest absolute Gasteiger partial charge is 0.862 e. The summed E-state index contributed by atoms with van der Waals surface area (Å²) in [5.74, 6) is -0.722. The number of phosphoric acid groups is 1. The van der Waals surface area contributed by atoms with Crippen LogP contribution >= 0.6 is 29.4 Å². The van der Waals surface area contributed by atoms with Crippen LogP contribution in [0, 0.1) is 0 Å². The number of ether oxygens (including phenoxy) is 2. The first kappa shape index (κ1) is 58.9. The van der Waals surface area contributed by atoms with E-state index in [2.05, 4.69) is 48.1 Å². The fourth-order valence-corrected chi connectivity index (χ4v) is 9.15. The van der Waals surface area contributed by atoms with Crippen molar-refractivity contribution in [2.24, 2.45) is 4.99 Å². The lowest BCUT2D eigenvalue weighted by Gasteiger charge is -2.20. The van der Waals surface area contributed by atoms with Crippen LogP contribution in [0.3, 0.4) is 0 Å². The number of hydrogen-bond donors (Lipinski definition) is 1. The number of aromatic nitrogens is 1. The summed E-state index contributed by atoms with van der Waals surface area (Å²) >= 11 is 0. The monoisotopic (exact) mass is 940 g/mol. The summed E-state index contributed by atoms with van der Waals surface area (Å²) in [4.78, 5) is 43.8. The second kappa shape index (κ2) is 43.7. The Morgan fingerprint density at radius 2 is 1.21 bits per heavy atom. The lowest BCUT2D eigenvalue weighted by Crippen LogP contribution is -2.29. The van der Waals surface area contributed by atoms with E-state index in [0.29, 0.717) is 18.6 Å². The van der Waals surface area contributed by atoms with Gasteiger partial charge in [0, 0.05) is 24.8 Å². The summed E-state index contributed by atoms with van der Waals surface area (Å²) in [5, 5.41) is 13.0. The molecule has 0 radical (unpaired) electrons. The summed E-state index contributed by atoms with van der Waals surface area (Å²) < 4.78 is 33.8. The third-order valence-electron chi connectivity index (χ3n) is 10.3. The number of phosphoric ester groups is 1. The standard InChI is InChI=1S/C49H85N2O9PS2/c1-3-5-7-9-11-13-15-17-19-21-23-25-27-29-31-36-48(53)57-43-45(60-49(54)37-32-30-28-26-24-22-20-18-16-14-12-10-8-6-4-2)44-59-61(55,56)58-41-40-50-46(52)38-42-62-63-47-35-33-34-39-51-47/h17-20,33-35,39,45H,3-16,21-32,36-38,40-44H2,1-2H3,(H,50,52)(H,55,56)/p-1/b19-17-,20-18-/t45-/m1/s1. The van der Waals surface area contributed by atoms with Crippen molar-refractivity contribution >= 4 is 47.2 Å². The van der Waals surface area contributed by atoms with Crippen molar-refractivity contribution in [1.29, 1.82) is 0 Å². The number of carbonyl (C=O) groups is 2. The van der Waals surface area contributed by atoms with Gasteiger partial charge in [0.1, 0.15) is 11.6 Å². The van der Waals surface area contributed by atoms with Gasteiger partial charge in [-0.3, -0.25) is 18.6 Å². The predicted octanol–water partition coefficient (Wildman–Crippen LogP) is 13.6. The summed E-state index contributed by atoms with van der Waals surface area (Å²) in [6, 6.07) is 5.61. The highest BCUT2D eigenvalue weighted by atomic mass is 33.1. The van der Waals surface area contributed by atoms with Gasteiger partial charge in [0.15, 0.2) is 6.10 Å². The molecule has 63 heavy (non-hydrogen) atoms. The van der Waals surface area contributed by atoms with Crippen LogP contribution < -0.4 is 5.11 Å². The minimum Gasteiger partial charge on any atom is -0.862 e. The molecule has 0 saturated carbocycles. The summed E-state index contributed by atoms with van der Waals surface area (Å²) in [5.41, 5.74) is 0. The molecular formula is C49H84N2O9PS2-. The van der Waals surface area contributed by atoms with Crippen LogP contribution in [0.15, 0.2) is 58.7 Å². The Bertz CT molecular complexity index is 1370. The highest BCUT2D eigenvalue weighted by molar-refractivity contribution is 8.76. The highest BCUT2D eigenvalue weighted by Crippen LogP contribution is 2.43. The van der Waals surface area contributed by atoms with Gasteiger partial charge in [-0.05, 0) is 99.5 Å². The number of carbonyl (C=O) groups excluding carboxylic acids is 2. The molecule has 1 aromatic rings. The Labute approximate surface area is 390 Å². The molecule has 1 N–H and O–H groups in total. The second-order valence-corrected chi connectivity index (χ2v) is 20.0. The van der Waals surface area contributed by atoms with Gasteiger partial charge in [-0.15, -0.1) is 0 Å². The smallest absolute Gasteiger partial charge is 0.472 e. The topological polar surface area (TPSA) is 157 Å². The van der Waals surface area contributed by atoms with Crippen LogP contribution in [0.2, 0.25) is 0 Å². The normalized spacial score (nSPS) is 13.5. The molecule has 1 rings (SSSR count). The molecule has 0 amide bonds. The average molecular weight is 940 g/mol. The molecule has 362 valence electrons. The van der Waals surface area contributed by atoms with Crippen LogP contribution in [0.1, 0.15) is 200 Å². The Balaban J connectivity index is 2.40. The Morgan fingerprint density at radius 3 is 1.73 bits per heavy atom. The minimum atomic E-state index is -4.58. The van der Waals surface area contributed by atoms with Gasteiger partial charge < -0.3 is 24.5 Å². The SMILES string of the molecule is CCCCCCCC/C=C\CCCCCCCC(=O)OC[C@H](COP(=O)(O)OCCN=C([O-])CCSSc1ccccn1)OC(=O)CCCCCCC/C=C\CCCCCCCC. The maximum absolute atomic E-state index is 12.8. The van der Waals surface area contributed by atoms with E-state index in [1.165, 1.54) is 105 Å². The van der Waals surface area contributed by atoms with Crippen LogP contribution in [-0.4, -0.2) is 65.9 Å². The van der Waals surface area contributed by atoms with Crippen molar-refractivity contribution in [3.05, 3.63) is 48.7 Å². The minimum absolute atomic E-state index is 0.118. The molecule has 14 heteroatoms. The number of unbranched alkanes of at least 4 members (excludes halogenated alkanes) is 22. The van der Waals surface area contributed by atoms with Gasteiger partial charge in [0.2, 0.25) is 0 Å². The number of hydrogen-bond acceptors (Lipinski definition) is 12. The predicted molar refractivity (Wildman–Crippen MR) is 261 cm³/mol. The Morgan fingerprint density at radius 1 is 0.698 bits per heavy atom. The van der Waals surface area contributed by atoms with Gasteiger partial charge in [-0.1, -0.05) is 158 Å². The third-order valence-corrected chi connectivity index (χ3v) is 13.5. The zero-order chi connectivity index (χ0) is 45.7. The number of esters is 2. The average Bonchev–Trinajstić information content (AvgIpc) is 3.28. The van der Waals surface area contributed by atoms with Crippen LogP contribution in [0.5, 0.6) is 0 Å². The molecule has 1 heterocycles. The molecule has 0 spiro atoms. The summed E-state index contributed by atoms with van der Waals surface area (Å²) in [6.45, 7) is 3.24. The molecule has 0 bridgehead atoms. The van der Waals surface area contributed by atoms with Crippen molar-refractivity contribution in [2.75, 3.05) is 32.1 Å². The molecule has 0 fully saturated rings. The zero-order valence-electron chi connectivity index (χ0n) is 39.1.